The van der Waals surface area contributed by atoms with Gasteiger partial charge in [-0.05, 0) is 25.6 Å². The molecule has 0 unspecified atom stereocenters. The van der Waals surface area contributed by atoms with Crippen LogP contribution in [0.2, 0.25) is 0 Å². The Hall–Kier alpha value is -1.88. The van der Waals surface area contributed by atoms with Gasteiger partial charge < -0.3 is 9.80 Å². The van der Waals surface area contributed by atoms with Crippen molar-refractivity contribution in [3.63, 3.8) is 0 Å². The number of likely N-dealkylation sites (N-methyl/N-ethyl adjacent to an activating group) is 1. The van der Waals surface area contributed by atoms with E-state index in [1.165, 1.54) is 0 Å². The van der Waals surface area contributed by atoms with E-state index in [0.29, 0.717) is 26.1 Å². The predicted molar refractivity (Wildman–Crippen MR) is 85.6 cm³/mol. The van der Waals surface area contributed by atoms with Gasteiger partial charge in [0.2, 0.25) is 11.8 Å². The second kappa shape index (κ2) is 5.72. The van der Waals surface area contributed by atoms with Crippen molar-refractivity contribution in [1.29, 1.82) is 0 Å². The van der Waals surface area contributed by atoms with Crippen molar-refractivity contribution in [3.8, 4) is 0 Å². The summed E-state index contributed by atoms with van der Waals surface area (Å²) in [4.78, 5) is 30.4. The van der Waals surface area contributed by atoms with Crippen LogP contribution in [0, 0.1) is 0 Å². The van der Waals surface area contributed by atoms with Crippen molar-refractivity contribution < 1.29 is 9.59 Å². The molecule has 1 atom stereocenters. The minimum Gasteiger partial charge on any atom is -0.341 e. The van der Waals surface area contributed by atoms with Crippen LogP contribution in [0.5, 0.6) is 0 Å². The first-order chi connectivity index (χ1) is 10.6. The molecule has 0 aliphatic carbocycles. The Morgan fingerprint density at radius 3 is 2.64 bits per heavy atom. The minimum atomic E-state index is -0.116. The number of hydrogen-bond acceptors (Lipinski definition) is 3. The molecule has 22 heavy (non-hydrogen) atoms. The fraction of sp³-hybridized carbons (Fsp3) is 0.529. The first kappa shape index (κ1) is 15.0. The van der Waals surface area contributed by atoms with Gasteiger partial charge in [-0.1, -0.05) is 25.1 Å². The Kier molecular flexibility index (Phi) is 3.91. The molecular weight excluding hydrogens is 278 g/mol. The van der Waals surface area contributed by atoms with Crippen molar-refractivity contribution in [3.05, 3.63) is 30.3 Å². The van der Waals surface area contributed by atoms with Gasteiger partial charge in [0, 0.05) is 31.7 Å². The van der Waals surface area contributed by atoms with E-state index in [4.69, 9.17) is 0 Å². The lowest BCUT2D eigenvalue weighted by atomic mass is 9.92. The van der Waals surface area contributed by atoms with E-state index >= 15 is 0 Å². The highest BCUT2D eigenvalue weighted by Gasteiger charge is 2.48. The highest BCUT2D eigenvalue weighted by Crippen LogP contribution is 2.33. The van der Waals surface area contributed by atoms with E-state index in [0.717, 1.165) is 18.7 Å². The maximum absolute atomic E-state index is 12.4. The molecule has 5 nitrogen and oxygen atoms in total. The summed E-state index contributed by atoms with van der Waals surface area (Å²) in [5.41, 5.74) is 0.828. The van der Waals surface area contributed by atoms with Gasteiger partial charge >= 0.3 is 0 Å². The Labute approximate surface area is 131 Å². The summed E-state index contributed by atoms with van der Waals surface area (Å²) < 4.78 is 0. The van der Waals surface area contributed by atoms with E-state index in [-0.39, 0.29) is 17.4 Å². The smallest absolute Gasteiger partial charge is 0.241 e. The van der Waals surface area contributed by atoms with E-state index in [2.05, 4.69) is 4.90 Å². The summed E-state index contributed by atoms with van der Waals surface area (Å²) in [5, 5.41) is 0. The summed E-state index contributed by atoms with van der Waals surface area (Å²) in [5.74, 6) is 0.327. The zero-order chi connectivity index (χ0) is 15.7. The van der Waals surface area contributed by atoms with Crippen LogP contribution in [-0.4, -0.2) is 60.4 Å². The summed E-state index contributed by atoms with van der Waals surface area (Å²) in [6.45, 7) is 4.46. The molecule has 5 heteroatoms. The van der Waals surface area contributed by atoms with Crippen molar-refractivity contribution in [2.45, 2.75) is 25.3 Å². The van der Waals surface area contributed by atoms with Gasteiger partial charge in [0.25, 0.3) is 0 Å². The number of nitrogens with zero attached hydrogens (tertiary/aromatic N) is 3. The molecule has 0 N–H and O–H groups in total. The molecule has 1 aromatic rings. The molecule has 118 valence electrons. The van der Waals surface area contributed by atoms with Crippen molar-refractivity contribution in [1.82, 2.24) is 9.80 Å². The number of likely N-dealkylation sites (tertiary alicyclic amines) is 1. The lowest BCUT2D eigenvalue weighted by Crippen LogP contribution is -2.64. The molecule has 3 rings (SSSR count). The van der Waals surface area contributed by atoms with E-state index < -0.39 is 0 Å². The molecule has 2 saturated heterocycles. The molecule has 0 bridgehead atoms. The number of anilines is 1. The summed E-state index contributed by atoms with van der Waals surface area (Å²) in [6, 6.07) is 9.81. The molecule has 2 fully saturated rings. The molecule has 0 aromatic heterocycles. The fourth-order valence-corrected chi connectivity index (χ4v) is 3.54. The van der Waals surface area contributed by atoms with Crippen LogP contribution in [0.15, 0.2) is 30.3 Å². The maximum atomic E-state index is 12.4. The first-order valence-corrected chi connectivity index (χ1v) is 7.90. The van der Waals surface area contributed by atoms with E-state index in [9.17, 15) is 9.59 Å². The molecule has 2 aliphatic rings. The monoisotopic (exact) mass is 301 g/mol. The lowest BCUT2D eigenvalue weighted by Gasteiger charge is -2.46. The van der Waals surface area contributed by atoms with Crippen molar-refractivity contribution in [2.75, 3.05) is 38.1 Å². The van der Waals surface area contributed by atoms with Crippen LogP contribution in [0.25, 0.3) is 0 Å². The van der Waals surface area contributed by atoms with Crippen LogP contribution in [0.1, 0.15) is 19.8 Å². The molecule has 1 spiro atoms. The van der Waals surface area contributed by atoms with Crippen LogP contribution in [0.3, 0.4) is 0 Å². The van der Waals surface area contributed by atoms with E-state index in [1.807, 2.05) is 54.1 Å². The molecule has 0 radical (unpaired) electrons. The van der Waals surface area contributed by atoms with E-state index in [1.54, 1.807) is 0 Å². The average Bonchev–Trinajstić information content (AvgIpc) is 2.97. The Morgan fingerprint density at radius 1 is 1.23 bits per heavy atom. The van der Waals surface area contributed by atoms with Crippen LogP contribution in [0.4, 0.5) is 5.69 Å². The number of hydrogen-bond donors (Lipinski definition) is 0. The maximum Gasteiger partial charge on any atom is 0.241 e. The molecule has 2 heterocycles. The normalized spacial score (nSPS) is 26.0. The summed E-state index contributed by atoms with van der Waals surface area (Å²) >= 11 is 0. The van der Waals surface area contributed by atoms with Crippen LogP contribution in [-0.2, 0) is 9.59 Å². The Bertz CT molecular complexity index is 575. The Balaban J connectivity index is 1.83. The first-order valence-electron chi connectivity index (χ1n) is 7.90. The molecule has 2 aliphatic heterocycles. The third kappa shape index (κ3) is 2.50. The zero-order valence-corrected chi connectivity index (χ0v) is 13.3. The van der Waals surface area contributed by atoms with Crippen molar-refractivity contribution >= 4 is 17.5 Å². The second-order valence-electron chi connectivity index (χ2n) is 6.31. The third-order valence-electron chi connectivity index (χ3n) is 4.99. The molecule has 0 saturated carbocycles. The quantitative estimate of drug-likeness (QED) is 0.828. The average molecular weight is 301 g/mol. The van der Waals surface area contributed by atoms with Gasteiger partial charge in [0.1, 0.15) is 0 Å². The molecular formula is C17H23N3O2. The van der Waals surface area contributed by atoms with Gasteiger partial charge in [0.05, 0.1) is 12.1 Å². The Morgan fingerprint density at radius 2 is 1.95 bits per heavy atom. The predicted octanol–water partition coefficient (Wildman–Crippen LogP) is 1.35. The number of amides is 2. The number of benzene rings is 1. The van der Waals surface area contributed by atoms with Gasteiger partial charge in [0.15, 0.2) is 0 Å². The van der Waals surface area contributed by atoms with Gasteiger partial charge in [-0.2, -0.15) is 0 Å². The lowest BCUT2D eigenvalue weighted by molar-refractivity contribution is -0.130. The van der Waals surface area contributed by atoms with Gasteiger partial charge in [-0.25, -0.2) is 0 Å². The second-order valence-corrected chi connectivity index (χ2v) is 6.31. The SMILES string of the molecule is CCC(=O)N1CC[C@@]2(C1)CN(c1ccccc1)C(=O)CN2C. The van der Waals surface area contributed by atoms with Crippen LogP contribution >= 0.6 is 0 Å². The largest absolute Gasteiger partial charge is 0.341 e. The fourth-order valence-electron chi connectivity index (χ4n) is 3.54. The summed E-state index contributed by atoms with van der Waals surface area (Å²) in [6.07, 6.45) is 1.47. The summed E-state index contributed by atoms with van der Waals surface area (Å²) in [7, 11) is 2.00. The highest BCUT2D eigenvalue weighted by atomic mass is 16.2. The van der Waals surface area contributed by atoms with Gasteiger partial charge in [-0.15, -0.1) is 0 Å². The molecule has 2 amide bonds. The number of carbonyl (C=O) groups excluding carboxylic acids is 2. The molecule has 1 aromatic carbocycles. The topological polar surface area (TPSA) is 43.9 Å². The number of carbonyl (C=O) groups is 2. The minimum absolute atomic E-state index is 0.116. The number of rotatable bonds is 2. The zero-order valence-electron chi connectivity index (χ0n) is 13.3. The number of piperazine rings is 1. The number of para-hydroxylation sites is 1. The van der Waals surface area contributed by atoms with Crippen LogP contribution < -0.4 is 4.90 Å². The van der Waals surface area contributed by atoms with Gasteiger partial charge in [-0.3, -0.25) is 14.5 Å². The third-order valence-corrected chi connectivity index (χ3v) is 4.99. The standard InChI is InChI=1S/C17H23N3O2/c1-3-15(21)19-10-9-17(12-19)13-20(16(22)11-18(17)2)14-7-5-4-6-8-14/h4-8H,3,9-13H2,1-2H3/t17-/m1/s1. The van der Waals surface area contributed by atoms with Crippen molar-refractivity contribution in [2.24, 2.45) is 0 Å². The highest BCUT2D eigenvalue weighted by molar-refractivity contribution is 5.96.